The van der Waals surface area contributed by atoms with Gasteiger partial charge >= 0.3 is 0 Å². The van der Waals surface area contributed by atoms with E-state index in [2.05, 4.69) is 20.7 Å². The predicted octanol–water partition coefficient (Wildman–Crippen LogP) is 4.44. The van der Waals surface area contributed by atoms with Crippen LogP contribution in [0.5, 0.6) is 5.75 Å². The van der Waals surface area contributed by atoms with Crippen molar-refractivity contribution in [3.8, 4) is 5.75 Å². The van der Waals surface area contributed by atoms with E-state index in [0.717, 1.165) is 48.2 Å². The van der Waals surface area contributed by atoms with E-state index in [0.29, 0.717) is 29.5 Å². The number of carbonyl (C=O) groups is 1. The maximum atomic E-state index is 12.3. The van der Waals surface area contributed by atoms with Crippen molar-refractivity contribution in [2.75, 3.05) is 31.6 Å². The van der Waals surface area contributed by atoms with Crippen LogP contribution in [0.2, 0.25) is 5.02 Å². The van der Waals surface area contributed by atoms with Gasteiger partial charge in [-0.15, -0.1) is 0 Å². The van der Waals surface area contributed by atoms with Crippen LogP contribution in [0.25, 0.3) is 0 Å². The summed E-state index contributed by atoms with van der Waals surface area (Å²) >= 11 is 7.43. The van der Waals surface area contributed by atoms with Gasteiger partial charge in [0.15, 0.2) is 0 Å². The van der Waals surface area contributed by atoms with Gasteiger partial charge in [0.05, 0.1) is 7.11 Å². The van der Waals surface area contributed by atoms with Crippen molar-refractivity contribution < 1.29 is 9.53 Å². The summed E-state index contributed by atoms with van der Waals surface area (Å²) < 4.78 is 9.83. The Morgan fingerprint density at radius 1 is 1.23 bits per heavy atom. The number of benzene rings is 2. The van der Waals surface area contributed by atoms with Crippen molar-refractivity contribution in [3.05, 3.63) is 70.5 Å². The van der Waals surface area contributed by atoms with Gasteiger partial charge < -0.3 is 15.0 Å². The van der Waals surface area contributed by atoms with Crippen molar-refractivity contribution in [2.24, 2.45) is 5.92 Å². The molecule has 6 nitrogen and oxygen atoms in total. The molecule has 2 aromatic carbocycles. The number of nitrogens with one attached hydrogen (secondary N) is 1. The number of aromatic nitrogens is 2. The molecule has 1 aliphatic rings. The molecule has 0 unspecified atom stereocenters. The first kappa shape index (κ1) is 21.6. The summed E-state index contributed by atoms with van der Waals surface area (Å²) in [5, 5.41) is 4.58. The molecule has 1 fully saturated rings. The predicted molar refractivity (Wildman–Crippen MR) is 124 cm³/mol. The summed E-state index contributed by atoms with van der Waals surface area (Å²) in [7, 11) is 1.67. The number of rotatable bonds is 7. The van der Waals surface area contributed by atoms with Gasteiger partial charge in [0, 0.05) is 48.2 Å². The molecule has 0 spiro atoms. The maximum Gasteiger partial charge on any atom is 0.251 e. The molecule has 0 aliphatic carbocycles. The lowest BCUT2D eigenvalue weighted by Crippen LogP contribution is -2.38. The van der Waals surface area contributed by atoms with E-state index in [1.54, 1.807) is 31.4 Å². The molecule has 2 heterocycles. The minimum absolute atomic E-state index is 0.0729. The molecule has 162 valence electrons. The Morgan fingerprint density at radius 3 is 2.81 bits per heavy atom. The summed E-state index contributed by atoms with van der Waals surface area (Å²) in [5.74, 6) is 2.07. The number of carbonyl (C=O) groups excluding carboxylic acids is 1. The zero-order valence-electron chi connectivity index (χ0n) is 17.4. The summed E-state index contributed by atoms with van der Waals surface area (Å²) in [6.07, 6.45) is 2.72. The fourth-order valence-corrected chi connectivity index (χ4v) is 4.63. The second kappa shape index (κ2) is 10.1. The lowest BCUT2D eigenvalue weighted by atomic mass is 9.97. The number of halogens is 1. The van der Waals surface area contributed by atoms with Crippen molar-refractivity contribution in [3.63, 3.8) is 0 Å². The van der Waals surface area contributed by atoms with E-state index in [-0.39, 0.29) is 5.91 Å². The largest absolute Gasteiger partial charge is 0.497 e. The molecule has 1 aromatic heterocycles. The lowest BCUT2D eigenvalue weighted by Gasteiger charge is -2.31. The van der Waals surface area contributed by atoms with Crippen LogP contribution < -0.4 is 15.0 Å². The number of ether oxygens (including phenoxy) is 1. The van der Waals surface area contributed by atoms with Crippen LogP contribution in [0.1, 0.15) is 34.6 Å². The molecule has 1 amide bonds. The highest BCUT2D eigenvalue weighted by Gasteiger charge is 2.22. The van der Waals surface area contributed by atoms with Crippen molar-refractivity contribution in [2.45, 2.75) is 19.3 Å². The highest BCUT2D eigenvalue weighted by Crippen LogP contribution is 2.25. The number of nitrogens with zero attached hydrogens (tertiary/aromatic N) is 3. The molecule has 0 saturated carbocycles. The third-order valence-electron chi connectivity index (χ3n) is 5.48. The summed E-state index contributed by atoms with van der Waals surface area (Å²) in [6, 6.07) is 15.0. The maximum absolute atomic E-state index is 12.3. The molecular formula is C23H25ClN4O2S. The molecule has 0 bridgehead atoms. The van der Waals surface area contributed by atoms with Gasteiger partial charge in [-0.05, 0) is 54.7 Å². The fourth-order valence-electron chi connectivity index (χ4n) is 3.71. The van der Waals surface area contributed by atoms with Crippen LogP contribution in [-0.4, -0.2) is 42.0 Å². The molecule has 31 heavy (non-hydrogen) atoms. The smallest absolute Gasteiger partial charge is 0.251 e. The number of hydrogen-bond donors (Lipinski definition) is 1. The van der Waals surface area contributed by atoms with Gasteiger partial charge in [0.25, 0.3) is 5.91 Å². The van der Waals surface area contributed by atoms with E-state index >= 15 is 0 Å². The Kier molecular flexibility index (Phi) is 7.04. The normalized spacial score (nSPS) is 14.5. The molecular weight excluding hydrogens is 432 g/mol. The summed E-state index contributed by atoms with van der Waals surface area (Å²) in [6.45, 7) is 2.52. The third-order valence-corrected chi connectivity index (χ3v) is 6.53. The Morgan fingerprint density at radius 2 is 2.03 bits per heavy atom. The zero-order chi connectivity index (χ0) is 21.6. The van der Waals surface area contributed by atoms with Gasteiger partial charge in [-0.1, -0.05) is 29.8 Å². The first-order chi connectivity index (χ1) is 15.1. The average Bonchev–Trinajstić information content (AvgIpc) is 3.26. The Bertz CT molecular complexity index is 1030. The highest BCUT2D eigenvalue weighted by molar-refractivity contribution is 7.09. The molecule has 3 aromatic rings. The second-order valence-electron chi connectivity index (χ2n) is 7.67. The molecule has 1 N–H and O–H groups in total. The molecule has 0 atom stereocenters. The zero-order valence-corrected chi connectivity index (χ0v) is 19.0. The topological polar surface area (TPSA) is 67.3 Å². The number of hydrogen-bond acceptors (Lipinski definition) is 6. The SMILES string of the molecule is COc1cccc(Cc2nsc(N3CCC(CNC(=O)c4cccc(Cl)c4)CC3)n2)c1. The first-order valence-corrected chi connectivity index (χ1v) is 11.5. The first-order valence-electron chi connectivity index (χ1n) is 10.3. The van der Waals surface area contributed by atoms with Gasteiger partial charge in [-0.3, -0.25) is 4.79 Å². The van der Waals surface area contributed by atoms with Crippen LogP contribution in [0.3, 0.4) is 0 Å². The monoisotopic (exact) mass is 456 g/mol. The minimum Gasteiger partial charge on any atom is -0.497 e. The van der Waals surface area contributed by atoms with E-state index in [9.17, 15) is 4.79 Å². The van der Waals surface area contributed by atoms with E-state index in [1.165, 1.54) is 11.5 Å². The van der Waals surface area contributed by atoms with E-state index in [4.69, 9.17) is 21.3 Å². The molecule has 0 radical (unpaired) electrons. The van der Waals surface area contributed by atoms with Gasteiger partial charge in [-0.2, -0.15) is 4.37 Å². The third kappa shape index (κ3) is 5.74. The number of methoxy groups -OCH3 is 1. The van der Waals surface area contributed by atoms with Crippen LogP contribution in [-0.2, 0) is 6.42 Å². The van der Waals surface area contributed by atoms with Crippen molar-refractivity contribution >= 4 is 34.2 Å². The van der Waals surface area contributed by atoms with Gasteiger partial charge in [0.2, 0.25) is 5.13 Å². The van der Waals surface area contributed by atoms with Gasteiger partial charge in [0.1, 0.15) is 11.6 Å². The molecule has 4 rings (SSSR count). The van der Waals surface area contributed by atoms with Crippen LogP contribution in [0.15, 0.2) is 48.5 Å². The number of piperidine rings is 1. The molecule has 1 aliphatic heterocycles. The molecule has 8 heteroatoms. The lowest BCUT2D eigenvalue weighted by molar-refractivity contribution is 0.0945. The van der Waals surface area contributed by atoms with E-state index < -0.39 is 0 Å². The van der Waals surface area contributed by atoms with Crippen molar-refractivity contribution in [1.82, 2.24) is 14.7 Å². The van der Waals surface area contributed by atoms with Crippen LogP contribution >= 0.6 is 23.1 Å². The molecule has 1 saturated heterocycles. The summed E-state index contributed by atoms with van der Waals surface area (Å²) in [5.41, 5.74) is 1.74. The van der Waals surface area contributed by atoms with E-state index in [1.807, 2.05) is 18.2 Å². The Labute approximate surface area is 191 Å². The number of amides is 1. The Hall–Kier alpha value is -2.64. The summed E-state index contributed by atoms with van der Waals surface area (Å²) in [4.78, 5) is 19.3. The number of anilines is 1. The van der Waals surface area contributed by atoms with Crippen LogP contribution in [0, 0.1) is 5.92 Å². The van der Waals surface area contributed by atoms with Crippen LogP contribution in [0.4, 0.5) is 5.13 Å². The fraction of sp³-hybridized carbons (Fsp3) is 0.348. The Balaban J connectivity index is 1.26. The second-order valence-corrected chi connectivity index (χ2v) is 8.84. The standard InChI is InChI=1S/C23H25ClN4O2S/c1-30-20-7-2-4-17(12-20)13-21-26-23(31-27-21)28-10-8-16(9-11-28)15-25-22(29)18-5-3-6-19(24)14-18/h2-7,12,14,16H,8-11,13,15H2,1H3,(H,25,29). The minimum atomic E-state index is -0.0729. The highest BCUT2D eigenvalue weighted by atomic mass is 35.5. The average molecular weight is 457 g/mol. The van der Waals surface area contributed by atoms with Gasteiger partial charge in [-0.25, -0.2) is 4.98 Å². The quantitative estimate of drug-likeness (QED) is 0.569. The van der Waals surface area contributed by atoms with Crippen molar-refractivity contribution in [1.29, 1.82) is 0 Å².